The van der Waals surface area contributed by atoms with Gasteiger partial charge in [0, 0.05) is 18.3 Å². The number of carboxylic acids is 1. The summed E-state index contributed by atoms with van der Waals surface area (Å²) < 4.78 is 12.4. The maximum absolute atomic E-state index is 12.8. The number of allylic oxidation sites excluding steroid dienone is 2. The largest absolute Gasteiger partial charge is 0.481 e. The van der Waals surface area contributed by atoms with Crippen molar-refractivity contribution in [3.05, 3.63) is 11.6 Å². The molecule has 150 valence electrons. The van der Waals surface area contributed by atoms with E-state index in [0.29, 0.717) is 24.7 Å². The highest BCUT2D eigenvalue weighted by Gasteiger charge is 2.58. The number of fused-ring (bicyclic) bond motifs is 4. The Morgan fingerprint density at radius 3 is 2.63 bits per heavy atom. The summed E-state index contributed by atoms with van der Waals surface area (Å²) >= 11 is 0. The molecule has 1 heterocycles. The predicted octanol–water partition coefficient (Wildman–Crippen LogP) is 4.10. The van der Waals surface area contributed by atoms with Crippen LogP contribution in [0.15, 0.2) is 11.6 Å². The normalized spacial score (nSPS) is 45.5. The van der Waals surface area contributed by atoms with Gasteiger partial charge in [0.25, 0.3) is 0 Å². The van der Waals surface area contributed by atoms with E-state index < -0.39 is 17.2 Å². The maximum Gasteiger partial charge on any atom is 0.303 e. The first-order valence-corrected chi connectivity index (χ1v) is 10.4. The Bertz CT molecular complexity index is 695. The highest BCUT2D eigenvalue weighted by molar-refractivity contribution is 5.89. The van der Waals surface area contributed by atoms with Gasteiger partial charge in [-0.2, -0.15) is 0 Å². The van der Waals surface area contributed by atoms with Gasteiger partial charge in [-0.3, -0.25) is 9.59 Å². The zero-order chi connectivity index (χ0) is 19.6. The molecular formula is C22H32O5. The number of carboxylic acid groups (broad SMARTS) is 1. The molecule has 1 N–H and O–H groups in total. The Morgan fingerprint density at radius 2 is 1.93 bits per heavy atom. The first kappa shape index (κ1) is 19.1. The Hall–Kier alpha value is -1.20. The molecule has 0 unspecified atom stereocenters. The number of carbonyl (C=O) groups is 2. The van der Waals surface area contributed by atoms with Crippen molar-refractivity contribution in [1.29, 1.82) is 0 Å². The topological polar surface area (TPSA) is 72.8 Å². The number of Topliss-reactive ketones (excluding diaryl/α,β-unsaturated/α-hetero) is 1. The molecule has 0 radical (unpaired) electrons. The van der Waals surface area contributed by atoms with E-state index in [9.17, 15) is 9.59 Å². The SMILES string of the molecule is CC1(C)O[C@H]2C[C@]3(C)CC=C4[C@@H](CCC(=O)[C@]4(C)CCC(=O)O)[C@H]3C[C@H]2O1. The maximum atomic E-state index is 12.8. The number of rotatable bonds is 3. The second-order valence-electron chi connectivity index (χ2n) is 10.1. The molecule has 0 aromatic rings. The molecule has 6 atom stereocenters. The van der Waals surface area contributed by atoms with Crippen LogP contribution in [0.5, 0.6) is 0 Å². The molecule has 0 bridgehead atoms. The summed E-state index contributed by atoms with van der Waals surface area (Å²) in [6, 6.07) is 0. The van der Waals surface area contributed by atoms with Gasteiger partial charge in [0.15, 0.2) is 5.79 Å². The average molecular weight is 376 g/mol. The van der Waals surface area contributed by atoms with Crippen LogP contribution in [0.25, 0.3) is 0 Å². The molecule has 1 aliphatic heterocycles. The lowest BCUT2D eigenvalue weighted by atomic mass is 9.49. The first-order chi connectivity index (χ1) is 12.5. The van der Waals surface area contributed by atoms with Crippen molar-refractivity contribution in [2.45, 2.75) is 90.6 Å². The molecule has 2 saturated carbocycles. The van der Waals surface area contributed by atoms with Crippen LogP contribution in [0.3, 0.4) is 0 Å². The van der Waals surface area contributed by atoms with Gasteiger partial charge >= 0.3 is 5.97 Å². The minimum atomic E-state index is -0.827. The van der Waals surface area contributed by atoms with Gasteiger partial charge in [-0.15, -0.1) is 0 Å². The average Bonchev–Trinajstić information content (AvgIpc) is 2.86. The highest BCUT2D eigenvalue weighted by atomic mass is 16.7. The number of hydrogen-bond acceptors (Lipinski definition) is 4. The van der Waals surface area contributed by atoms with Crippen molar-refractivity contribution in [2.75, 3.05) is 0 Å². The third-order valence-corrected chi connectivity index (χ3v) is 7.78. The van der Waals surface area contributed by atoms with Gasteiger partial charge < -0.3 is 14.6 Å². The molecule has 5 heteroatoms. The monoisotopic (exact) mass is 376 g/mol. The summed E-state index contributed by atoms with van der Waals surface area (Å²) in [6.07, 6.45) is 7.35. The summed E-state index contributed by atoms with van der Waals surface area (Å²) in [5.74, 6) is -0.313. The van der Waals surface area contributed by atoms with Crippen LogP contribution in [0.1, 0.15) is 72.6 Å². The summed E-state index contributed by atoms with van der Waals surface area (Å²) in [4.78, 5) is 24.0. The lowest BCUT2D eigenvalue weighted by Crippen LogP contribution is -2.52. The Kier molecular flexibility index (Phi) is 4.36. The van der Waals surface area contributed by atoms with Crippen molar-refractivity contribution in [2.24, 2.45) is 22.7 Å². The molecule has 0 spiro atoms. The first-order valence-electron chi connectivity index (χ1n) is 10.4. The zero-order valence-corrected chi connectivity index (χ0v) is 16.9. The van der Waals surface area contributed by atoms with Crippen LogP contribution in [0.2, 0.25) is 0 Å². The lowest BCUT2D eigenvalue weighted by molar-refractivity contribution is -0.146. The smallest absolute Gasteiger partial charge is 0.303 e. The molecule has 0 amide bonds. The van der Waals surface area contributed by atoms with Crippen molar-refractivity contribution in [3.8, 4) is 0 Å². The van der Waals surface area contributed by atoms with E-state index in [1.807, 2.05) is 20.8 Å². The summed E-state index contributed by atoms with van der Waals surface area (Å²) in [5, 5.41) is 9.16. The van der Waals surface area contributed by atoms with Crippen molar-refractivity contribution in [1.82, 2.24) is 0 Å². The highest BCUT2D eigenvalue weighted by Crippen LogP contribution is 2.61. The number of ether oxygens (including phenoxy) is 2. The van der Waals surface area contributed by atoms with E-state index in [0.717, 1.165) is 25.7 Å². The van der Waals surface area contributed by atoms with Crippen LogP contribution in [-0.4, -0.2) is 34.9 Å². The van der Waals surface area contributed by atoms with Crippen LogP contribution in [0.4, 0.5) is 0 Å². The second-order valence-corrected chi connectivity index (χ2v) is 10.1. The van der Waals surface area contributed by atoms with E-state index >= 15 is 0 Å². The quantitative estimate of drug-likeness (QED) is 0.751. The van der Waals surface area contributed by atoms with Crippen molar-refractivity contribution in [3.63, 3.8) is 0 Å². The van der Waals surface area contributed by atoms with Crippen LogP contribution >= 0.6 is 0 Å². The molecule has 27 heavy (non-hydrogen) atoms. The van der Waals surface area contributed by atoms with Crippen molar-refractivity contribution < 1.29 is 24.2 Å². The van der Waals surface area contributed by atoms with Gasteiger partial charge in [0.2, 0.25) is 0 Å². The van der Waals surface area contributed by atoms with Gasteiger partial charge in [-0.1, -0.05) is 18.6 Å². The third-order valence-electron chi connectivity index (χ3n) is 7.78. The van der Waals surface area contributed by atoms with Gasteiger partial charge in [0.05, 0.1) is 12.2 Å². The van der Waals surface area contributed by atoms with E-state index in [-0.39, 0.29) is 29.8 Å². The predicted molar refractivity (Wildman–Crippen MR) is 100 cm³/mol. The fourth-order valence-corrected chi connectivity index (χ4v) is 6.38. The molecule has 0 aromatic carbocycles. The molecule has 3 aliphatic carbocycles. The molecule has 5 nitrogen and oxygen atoms in total. The Labute approximate surface area is 161 Å². The Balaban J connectivity index is 1.63. The Morgan fingerprint density at radius 1 is 1.22 bits per heavy atom. The van der Waals surface area contributed by atoms with Crippen LogP contribution in [-0.2, 0) is 19.1 Å². The number of hydrogen-bond donors (Lipinski definition) is 1. The summed E-state index contributed by atoms with van der Waals surface area (Å²) in [6.45, 7) is 8.32. The fourth-order valence-electron chi connectivity index (χ4n) is 6.38. The number of ketones is 1. The van der Waals surface area contributed by atoms with Crippen molar-refractivity contribution >= 4 is 11.8 Å². The zero-order valence-electron chi connectivity index (χ0n) is 16.9. The number of carbonyl (C=O) groups excluding carboxylic acids is 1. The van der Waals surface area contributed by atoms with E-state index in [4.69, 9.17) is 14.6 Å². The minimum absolute atomic E-state index is 0.0457. The molecule has 1 saturated heterocycles. The molecule has 0 aromatic heterocycles. The van der Waals surface area contributed by atoms with E-state index in [1.165, 1.54) is 5.57 Å². The van der Waals surface area contributed by atoms with Gasteiger partial charge in [-0.25, -0.2) is 0 Å². The fraction of sp³-hybridized carbons (Fsp3) is 0.818. The molecule has 4 aliphatic rings. The van der Waals surface area contributed by atoms with E-state index in [2.05, 4.69) is 13.0 Å². The minimum Gasteiger partial charge on any atom is -0.481 e. The standard InChI is InChI=1S/C22H32O5/c1-20(2)26-16-11-15-13-5-6-18(23)22(4,10-8-19(24)25)14(13)7-9-21(15,3)12-17(16)27-20/h7,13,15-17H,5-6,8-12H2,1-4H3,(H,24,25)/t13-,15-,16-,17+,21+,22-/m1/s1. The third kappa shape index (κ3) is 3.07. The molecular weight excluding hydrogens is 344 g/mol. The summed E-state index contributed by atoms with van der Waals surface area (Å²) in [5.41, 5.74) is 0.748. The lowest BCUT2D eigenvalue weighted by Gasteiger charge is -2.55. The molecule has 4 rings (SSSR count). The van der Waals surface area contributed by atoms with Gasteiger partial charge in [-0.05, 0) is 70.1 Å². The van der Waals surface area contributed by atoms with E-state index in [1.54, 1.807) is 0 Å². The summed E-state index contributed by atoms with van der Waals surface area (Å²) in [7, 11) is 0. The second kappa shape index (κ2) is 6.15. The number of aliphatic carboxylic acids is 1. The molecule has 3 fully saturated rings. The van der Waals surface area contributed by atoms with Gasteiger partial charge in [0.1, 0.15) is 5.78 Å². The van der Waals surface area contributed by atoms with Crippen LogP contribution < -0.4 is 0 Å². The van der Waals surface area contributed by atoms with Crippen LogP contribution in [0, 0.1) is 22.7 Å².